The first-order valence-corrected chi connectivity index (χ1v) is 8.01. The summed E-state index contributed by atoms with van der Waals surface area (Å²) in [4.78, 5) is 0. The number of hydrogen-bond donors (Lipinski definition) is 1. The monoisotopic (exact) mass is 238 g/mol. The number of hydrogen-bond acceptors (Lipinski definition) is 1. The quantitative estimate of drug-likeness (QED) is 0.697. The molecule has 1 nitrogen and oxygen atoms in total. The summed E-state index contributed by atoms with van der Waals surface area (Å²) in [5.74, 6) is 2.14. The Bertz CT molecular complexity index is 208. The molecule has 2 saturated carbocycles. The van der Waals surface area contributed by atoms with Crippen molar-refractivity contribution in [3.8, 4) is 0 Å². The Kier molecular flexibility index (Phi) is 5.34. The van der Waals surface area contributed by atoms with Crippen LogP contribution in [0.1, 0.15) is 77.6 Å². The first-order chi connectivity index (χ1) is 8.33. The highest BCUT2D eigenvalue weighted by atomic mass is 16.3. The molecule has 1 N–H and O–H groups in total. The van der Waals surface area contributed by atoms with Crippen molar-refractivity contribution < 1.29 is 5.11 Å². The van der Waals surface area contributed by atoms with Gasteiger partial charge in [0, 0.05) is 0 Å². The predicted octanol–water partition coefficient (Wildman–Crippen LogP) is 4.53. The molecule has 100 valence electrons. The fraction of sp³-hybridized carbons (Fsp3) is 1.00. The minimum atomic E-state index is 0.0370. The lowest BCUT2D eigenvalue weighted by atomic mass is 9.77. The van der Waals surface area contributed by atoms with Crippen LogP contribution >= 0.6 is 0 Å². The molecule has 0 aromatic carbocycles. The minimum absolute atomic E-state index is 0.0370. The van der Waals surface area contributed by atoms with Gasteiger partial charge in [-0.3, -0.25) is 0 Å². The maximum absolute atomic E-state index is 10.5. The van der Waals surface area contributed by atoms with Gasteiger partial charge in [0.2, 0.25) is 0 Å². The fourth-order valence-corrected chi connectivity index (χ4v) is 4.15. The van der Waals surface area contributed by atoms with Gasteiger partial charge in [0.1, 0.15) is 0 Å². The Morgan fingerprint density at radius 1 is 0.941 bits per heavy atom. The molecular weight excluding hydrogens is 208 g/mol. The van der Waals surface area contributed by atoms with E-state index < -0.39 is 0 Å². The van der Waals surface area contributed by atoms with E-state index in [1.807, 2.05) is 0 Å². The topological polar surface area (TPSA) is 20.2 Å². The van der Waals surface area contributed by atoms with Gasteiger partial charge in [0.05, 0.1) is 6.10 Å². The van der Waals surface area contributed by atoms with Crippen LogP contribution in [0.3, 0.4) is 0 Å². The Labute approximate surface area is 107 Å². The highest BCUT2D eigenvalue weighted by Crippen LogP contribution is 2.43. The Morgan fingerprint density at radius 2 is 1.71 bits per heavy atom. The fourth-order valence-electron chi connectivity index (χ4n) is 4.15. The molecule has 0 bridgehead atoms. The average molecular weight is 238 g/mol. The summed E-state index contributed by atoms with van der Waals surface area (Å²) < 4.78 is 0. The summed E-state index contributed by atoms with van der Waals surface area (Å²) in [6, 6.07) is 0. The molecule has 0 aromatic rings. The first kappa shape index (κ1) is 13.4. The third-order valence-corrected chi connectivity index (χ3v) is 5.23. The van der Waals surface area contributed by atoms with Crippen molar-refractivity contribution in [1.29, 1.82) is 0 Å². The van der Waals surface area contributed by atoms with Gasteiger partial charge in [0.25, 0.3) is 0 Å². The van der Waals surface area contributed by atoms with E-state index in [4.69, 9.17) is 0 Å². The molecule has 3 unspecified atom stereocenters. The summed E-state index contributed by atoms with van der Waals surface area (Å²) in [6.07, 6.45) is 14.9. The molecule has 0 radical (unpaired) electrons. The van der Waals surface area contributed by atoms with E-state index in [1.165, 1.54) is 70.6 Å². The van der Waals surface area contributed by atoms with Crippen LogP contribution in [0.2, 0.25) is 0 Å². The number of unbranched alkanes of at least 4 members (excludes halogenated alkanes) is 2. The van der Waals surface area contributed by atoms with Crippen LogP contribution in [0, 0.1) is 17.8 Å². The van der Waals surface area contributed by atoms with Crippen LogP contribution in [0.4, 0.5) is 0 Å². The van der Waals surface area contributed by atoms with Crippen molar-refractivity contribution in [3.05, 3.63) is 0 Å². The zero-order valence-corrected chi connectivity index (χ0v) is 11.5. The molecule has 0 aliphatic heterocycles. The van der Waals surface area contributed by atoms with E-state index in [-0.39, 0.29) is 6.10 Å². The SMILES string of the molecule is CCCCCC1CCC(C2CCCCC2)C1O. The third-order valence-electron chi connectivity index (χ3n) is 5.23. The summed E-state index contributed by atoms with van der Waals surface area (Å²) in [5, 5.41) is 10.5. The van der Waals surface area contributed by atoms with Gasteiger partial charge < -0.3 is 5.11 Å². The van der Waals surface area contributed by atoms with Crippen LogP contribution in [0.25, 0.3) is 0 Å². The molecular formula is C16H30O. The van der Waals surface area contributed by atoms with Gasteiger partial charge in [-0.25, -0.2) is 0 Å². The van der Waals surface area contributed by atoms with Crippen molar-refractivity contribution in [3.63, 3.8) is 0 Å². The van der Waals surface area contributed by atoms with Crippen molar-refractivity contribution >= 4 is 0 Å². The highest BCUT2D eigenvalue weighted by molar-refractivity contribution is 4.89. The second kappa shape index (κ2) is 6.78. The summed E-state index contributed by atoms with van der Waals surface area (Å²) >= 11 is 0. The van der Waals surface area contributed by atoms with Crippen LogP contribution in [0.5, 0.6) is 0 Å². The minimum Gasteiger partial charge on any atom is -0.393 e. The zero-order valence-electron chi connectivity index (χ0n) is 11.5. The lowest BCUT2D eigenvalue weighted by Crippen LogP contribution is -2.28. The van der Waals surface area contributed by atoms with Gasteiger partial charge in [-0.1, -0.05) is 58.3 Å². The van der Waals surface area contributed by atoms with E-state index in [0.29, 0.717) is 11.8 Å². The zero-order chi connectivity index (χ0) is 12.1. The smallest absolute Gasteiger partial charge is 0.0599 e. The third kappa shape index (κ3) is 3.47. The normalized spacial score (nSPS) is 35.3. The first-order valence-electron chi connectivity index (χ1n) is 8.01. The lowest BCUT2D eigenvalue weighted by molar-refractivity contribution is 0.0499. The molecule has 0 saturated heterocycles. The number of rotatable bonds is 5. The van der Waals surface area contributed by atoms with Crippen LogP contribution in [0.15, 0.2) is 0 Å². The summed E-state index contributed by atoms with van der Waals surface area (Å²) in [7, 11) is 0. The molecule has 0 aromatic heterocycles. The molecule has 2 aliphatic rings. The Balaban J connectivity index is 1.77. The molecule has 0 spiro atoms. The van der Waals surface area contributed by atoms with Gasteiger partial charge >= 0.3 is 0 Å². The second-order valence-corrected chi connectivity index (χ2v) is 6.39. The Morgan fingerprint density at radius 3 is 2.41 bits per heavy atom. The van der Waals surface area contributed by atoms with E-state index in [2.05, 4.69) is 6.92 Å². The molecule has 17 heavy (non-hydrogen) atoms. The van der Waals surface area contributed by atoms with Crippen LogP contribution in [-0.2, 0) is 0 Å². The Hall–Kier alpha value is -0.0400. The molecule has 2 fully saturated rings. The maximum atomic E-state index is 10.5. The summed E-state index contributed by atoms with van der Waals surface area (Å²) in [6.45, 7) is 2.26. The molecule has 2 aliphatic carbocycles. The van der Waals surface area contributed by atoms with Gasteiger partial charge in [-0.2, -0.15) is 0 Å². The van der Waals surface area contributed by atoms with Crippen molar-refractivity contribution in [2.45, 2.75) is 83.7 Å². The largest absolute Gasteiger partial charge is 0.393 e. The number of aliphatic hydroxyl groups is 1. The van der Waals surface area contributed by atoms with Crippen molar-refractivity contribution in [2.75, 3.05) is 0 Å². The molecule has 1 heteroatoms. The van der Waals surface area contributed by atoms with Crippen molar-refractivity contribution in [2.24, 2.45) is 17.8 Å². The molecule has 0 heterocycles. The van der Waals surface area contributed by atoms with Gasteiger partial charge in [-0.15, -0.1) is 0 Å². The van der Waals surface area contributed by atoms with Crippen molar-refractivity contribution in [1.82, 2.24) is 0 Å². The van der Waals surface area contributed by atoms with Crippen LogP contribution in [-0.4, -0.2) is 11.2 Å². The predicted molar refractivity (Wildman–Crippen MR) is 72.9 cm³/mol. The van der Waals surface area contributed by atoms with Gasteiger partial charge in [-0.05, 0) is 37.0 Å². The standard InChI is InChI=1S/C16H30O/c1-2-3-5-10-14-11-12-15(16(14)17)13-8-6-4-7-9-13/h13-17H,2-12H2,1H3. The highest BCUT2D eigenvalue weighted by Gasteiger charge is 2.38. The van der Waals surface area contributed by atoms with E-state index in [9.17, 15) is 5.11 Å². The molecule has 3 atom stereocenters. The van der Waals surface area contributed by atoms with E-state index in [1.54, 1.807) is 0 Å². The molecule has 2 rings (SSSR count). The van der Waals surface area contributed by atoms with E-state index in [0.717, 1.165) is 5.92 Å². The average Bonchev–Trinajstić information content (AvgIpc) is 2.73. The van der Waals surface area contributed by atoms with E-state index >= 15 is 0 Å². The van der Waals surface area contributed by atoms with Gasteiger partial charge in [0.15, 0.2) is 0 Å². The lowest BCUT2D eigenvalue weighted by Gasteiger charge is -2.30. The second-order valence-electron chi connectivity index (χ2n) is 6.39. The maximum Gasteiger partial charge on any atom is 0.0599 e. The molecule has 0 amide bonds. The summed E-state index contributed by atoms with van der Waals surface area (Å²) in [5.41, 5.74) is 0. The van der Waals surface area contributed by atoms with Crippen LogP contribution < -0.4 is 0 Å². The number of aliphatic hydroxyl groups excluding tert-OH is 1.